The van der Waals surface area contributed by atoms with Gasteiger partial charge >= 0.3 is 0 Å². The summed E-state index contributed by atoms with van der Waals surface area (Å²) in [5.41, 5.74) is 2.61. The van der Waals surface area contributed by atoms with Gasteiger partial charge in [-0.05, 0) is 75.6 Å². The van der Waals surface area contributed by atoms with E-state index in [2.05, 4.69) is 5.32 Å². The smallest absolute Gasteiger partial charge is 0.264 e. The molecule has 0 aliphatic rings. The van der Waals surface area contributed by atoms with Crippen LogP contribution in [0.15, 0.2) is 71.6 Å². The van der Waals surface area contributed by atoms with E-state index in [9.17, 15) is 18.0 Å². The Morgan fingerprint density at radius 3 is 2.23 bits per heavy atom. The van der Waals surface area contributed by atoms with Crippen molar-refractivity contribution in [3.8, 4) is 0 Å². The van der Waals surface area contributed by atoms with Crippen LogP contribution in [0.25, 0.3) is 0 Å². The van der Waals surface area contributed by atoms with Crippen LogP contribution in [0.1, 0.15) is 43.9 Å². The predicted molar refractivity (Wildman–Crippen MR) is 161 cm³/mol. The summed E-state index contributed by atoms with van der Waals surface area (Å²) >= 11 is 12.5. The number of halogens is 2. The molecule has 0 unspecified atom stereocenters. The van der Waals surface area contributed by atoms with E-state index in [1.54, 1.807) is 62.4 Å². The topological polar surface area (TPSA) is 86.8 Å². The molecular weight excluding hydrogens is 569 g/mol. The van der Waals surface area contributed by atoms with Gasteiger partial charge in [-0.2, -0.15) is 0 Å². The summed E-state index contributed by atoms with van der Waals surface area (Å²) in [7, 11) is -4.13. The fraction of sp³-hybridized carbons (Fsp3) is 0.333. The summed E-state index contributed by atoms with van der Waals surface area (Å²) in [4.78, 5) is 28.6. The lowest BCUT2D eigenvalue weighted by atomic mass is 10.1. The Hall–Kier alpha value is -3.07. The van der Waals surface area contributed by atoms with Crippen molar-refractivity contribution in [3.63, 3.8) is 0 Å². The lowest BCUT2D eigenvalue weighted by Gasteiger charge is -2.33. The highest BCUT2D eigenvalue weighted by molar-refractivity contribution is 7.92. The third-order valence-corrected chi connectivity index (χ3v) is 9.12. The van der Waals surface area contributed by atoms with Crippen LogP contribution >= 0.6 is 23.2 Å². The number of aryl methyl sites for hydroxylation is 2. The van der Waals surface area contributed by atoms with E-state index in [4.69, 9.17) is 23.2 Å². The van der Waals surface area contributed by atoms with Crippen LogP contribution in [0.5, 0.6) is 0 Å². The van der Waals surface area contributed by atoms with Gasteiger partial charge in [-0.3, -0.25) is 13.9 Å². The summed E-state index contributed by atoms with van der Waals surface area (Å²) in [5, 5.41) is 3.68. The molecule has 3 aromatic rings. The minimum atomic E-state index is -4.13. The standard InChI is InChI=1S/C30H35Cl2N3O4S/c1-6-22(4)33-30(37)23(5)34(18-24-13-14-25(31)17-27(24)32)29(36)19-35(28-15-12-20(2)16-21(28)3)40(38,39)26-10-8-7-9-11-26/h7-17,22-23H,6,18-19H2,1-5H3,(H,33,37)/t22-,23+/m0/s1. The summed E-state index contributed by atoms with van der Waals surface area (Å²) in [6, 6.07) is 17.2. The van der Waals surface area contributed by atoms with Crippen LogP contribution < -0.4 is 9.62 Å². The van der Waals surface area contributed by atoms with Crippen molar-refractivity contribution in [2.24, 2.45) is 0 Å². The van der Waals surface area contributed by atoms with Gasteiger partial charge in [0.2, 0.25) is 11.8 Å². The van der Waals surface area contributed by atoms with E-state index in [1.165, 1.54) is 17.0 Å². The zero-order chi connectivity index (χ0) is 29.6. The molecule has 10 heteroatoms. The van der Waals surface area contributed by atoms with E-state index < -0.39 is 28.5 Å². The first-order valence-corrected chi connectivity index (χ1v) is 15.2. The third kappa shape index (κ3) is 7.56. The Morgan fingerprint density at radius 2 is 1.62 bits per heavy atom. The lowest BCUT2D eigenvalue weighted by Crippen LogP contribution is -2.52. The van der Waals surface area contributed by atoms with E-state index in [1.807, 2.05) is 26.8 Å². The van der Waals surface area contributed by atoms with Crippen molar-refractivity contribution in [1.82, 2.24) is 10.2 Å². The number of amides is 2. The van der Waals surface area contributed by atoms with Crippen molar-refractivity contribution in [2.45, 2.75) is 64.6 Å². The molecule has 0 aliphatic carbocycles. The van der Waals surface area contributed by atoms with Gasteiger partial charge in [0, 0.05) is 22.6 Å². The first kappa shape index (κ1) is 31.5. The number of rotatable bonds is 11. The van der Waals surface area contributed by atoms with Crippen molar-refractivity contribution >= 4 is 50.7 Å². The fourth-order valence-corrected chi connectivity index (χ4v) is 6.17. The van der Waals surface area contributed by atoms with Gasteiger partial charge in [0.05, 0.1) is 10.6 Å². The van der Waals surface area contributed by atoms with Crippen LogP contribution in [0.4, 0.5) is 5.69 Å². The van der Waals surface area contributed by atoms with Crippen LogP contribution in [-0.2, 0) is 26.2 Å². The molecule has 2 amide bonds. The minimum absolute atomic E-state index is 0.0178. The van der Waals surface area contributed by atoms with Gasteiger partial charge in [-0.15, -0.1) is 0 Å². The fourth-order valence-electron chi connectivity index (χ4n) is 4.20. The molecule has 0 aliphatic heterocycles. The summed E-state index contributed by atoms with van der Waals surface area (Å²) in [6.07, 6.45) is 0.714. The second-order valence-electron chi connectivity index (χ2n) is 9.87. The van der Waals surface area contributed by atoms with Crippen LogP contribution in [0.2, 0.25) is 10.0 Å². The molecule has 0 saturated heterocycles. The number of hydrogen-bond donors (Lipinski definition) is 1. The van der Waals surface area contributed by atoms with Crippen LogP contribution in [-0.4, -0.2) is 43.8 Å². The maximum absolute atomic E-state index is 14.0. The van der Waals surface area contributed by atoms with Gasteiger partial charge in [0.15, 0.2) is 0 Å². The van der Waals surface area contributed by atoms with Crippen molar-refractivity contribution in [3.05, 3.63) is 93.5 Å². The Bertz CT molecular complexity index is 1470. The van der Waals surface area contributed by atoms with E-state index in [0.29, 0.717) is 33.3 Å². The highest BCUT2D eigenvalue weighted by Gasteiger charge is 2.33. The molecule has 7 nitrogen and oxygen atoms in total. The molecule has 3 rings (SSSR count). The van der Waals surface area contributed by atoms with Crippen molar-refractivity contribution in [1.29, 1.82) is 0 Å². The predicted octanol–water partition coefficient (Wildman–Crippen LogP) is 6.14. The van der Waals surface area contributed by atoms with E-state index >= 15 is 0 Å². The summed E-state index contributed by atoms with van der Waals surface area (Å²) in [5.74, 6) is -0.908. The van der Waals surface area contributed by atoms with Gasteiger partial charge in [0.25, 0.3) is 10.0 Å². The van der Waals surface area contributed by atoms with E-state index in [0.717, 1.165) is 9.87 Å². The largest absolute Gasteiger partial charge is 0.352 e. The normalized spacial score (nSPS) is 12.9. The Morgan fingerprint density at radius 1 is 0.950 bits per heavy atom. The van der Waals surface area contributed by atoms with Gasteiger partial charge in [0.1, 0.15) is 12.6 Å². The third-order valence-electron chi connectivity index (χ3n) is 6.76. The number of benzene rings is 3. The van der Waals surface area contributed by atoms with Crippen molar-refractivity contribution < 1.29 is 18.0 Å². The molecular formula is C30H35Cl2N3O4S. The monoisotopic (exact) mass is 603 g/mol. The average molecular weight is 605 g/mol. The molecule has 40 heavy (non-hydrogen) atoms. The summed E-state index contributed by atoms with van der Waals surface area (Å²) in [6.45, 7) is 8.61. The molecule has 0 bridgehead atoms. The number of carbonyl (C=O) groups is 2. The molecule has 0 fully saturated rings. The van der Waals surface area contributed by atoms with Crippen LogP contribution in [0.3, 0.4) is 0 Å². The van der Waals surface area contributed by atoms with Gasteiger partial charge in [-0.1, -0.05) is 72.1 Å². The molecule has 0 radical (unpaired) electrons. The average Bonchev–Trinajstić information content (AvgIpc) is 2.91. The second-order valence-corrected chi connectivity index (χ2v) is 12.6. The Balaban J connectivity index is 2.07. The van der Waals surface area contributed by atoms with Crippen LogP contribution in [0, 0.1) is 13.8 Å². The number of carbonyl (C=O) groups excluding carboxylic acids is 2. The maximum Gasteiger partial charge on any atom is 0.264 e. The molecule has 0 spiro atoms. The molecule has 0 heterocycles. The lowest BCUT2D eigenvalue weighted by molar-refractivity contribution is -0.139. The molecule has 3 aromatic carbocycles. The van der Waals surface area contributed by atoms with Crippen molar-refractivity contribution in [2.75, 3.05) is 10.8 Å². The Labute approximate surface area is 247 Å². The number of hydrogen-bond acceptors (Lipinski definition) is 4. The quantitative estimate of drug-likeness (QED) is 0.285. The number of nitrogens with one attached hydrogen (secondary N) is 1. The highest BCUT2D eigenvalue weighted by Crippen LogP contribution is 2.29. The molecule has 0 saturated carbocycles. The maximum atomic E-state index is 14.0. The minimum Gasteiger partial charge on any atom is -0.352 e. The zero-order valence-corrected chi connectivity index (χ0v) is 25.6. The number of anilines is 1. The highest BCUT2D eigenvalue weighted by atomic mass is 35.5. The second kappa shape index (κ2) is 13.5. The van der Waals surface area contributed by atoms with Gasteiger partial charge < -0.3 is 10.2 Å². The molecule has 0 aromatic heterocycles. The first-order valence-electron chi connectivity index (χ1n) is 13.0. The van der Waals surface area contributed by atoms with Gasteiger partial charge in [-0.25, -0.2) is 8.42 Å². The molecule has 2 atom stereocenters. The first-order chi connectivity index (χ1) is 18.8. The Kier molecular flexibility index (Phi) is 10.6. The zero-order valence-electron chi connectivity index (χ0n) is 23.3. The SMILES string of the molecule is CC[C@H](C)NC(=O)[C@@H](C)N(Cc1ccc(Cl)cc1Cl)C(=O)CN(c1ccc(C)cc1C)S(=O)(=O)c1ccccc1. The molecule has 1 N–H and O–H groups in total. The number of sulfonamides is 1. The summed E-state index contributed by atoms with van der Waals surface area (Å²) < 4.78 is 28.9. The number of nitrogens with zero attached hydrogens (tertiary/aromatic N) is 2. The van der Waals surface area contributed by atoms with E-state index in [-0.39, 0.29) is 23.4 Å². The molecule has 214 valence electrons.